The maximum absolute atomic E-state index is 6.53. The topological polar surface area (TPSA) is 64.6 Å². The van der Waals surface area contributed by atoms with Gasteiger partial charge >= 0.3 is 0 Å². The van der Waals surface area contributed by atoms with Crippen LogP contribution in [0.2, 0.25) is 0 Å². The van der Waals surface area contributed by atoms with E-state index in [4.69, 9.17) is 14.2 Å². The quantitative estimate of drug-likeness (QED) is 0.471. The summed E-state index contributed by atoms with van der Waals surface area (Å²) in [6.07, 6.45) is 7.67. The van der Waals surface area contributed by atoms with Crippen LogP contribution in [0, 0.1) is 0 Å². The summed E-state index contributed by atoms with van der Waals surface area (Å²) in [6.45, 7) is 4.17. The van der Waals surface area contributed by atoms with Gasteiger partial charge < -0.3 is 24.8 Å². The van der Waals surface area contributed by atoms with Gasteiger partial charge in [0.15, 0.2) is 11.5 Å². The molecule has 3 aromatic rings. The van der Waals surface area contributed by atoms with E-state index in [1.54, 1.807) is 14.2 Å². The molecule has 1 saturated heterocycles. The maximum atomic E-state index is 6.53. The third-order valence-corrected chi connectivity index (χ3v) is 6.68. The first-order chi connectivity index (χ1) is 16.2. The van der Waals surface area contributed by atoms with E-state index in [-0.39, 0.29) is 0 Å². The molecule has 0 bridgehead atoms. The molecule has 0 spiro atoms. The molecule has 2 aromatic carbocycles. The largest absolute Gasteiger partial charge is 0.493 e. The number of aromatic nitrogens is 1. The van der Waals surface area contributed by atoms with Gasteiger partial charge in [0.05, 0.1) is 14.2 Å². The zero-order valence-corrected chi connectivity index (χ0v) is 19.7. The van der Waals surface area contributed by atoms with Gasteiger partial charge in [0.25, 0.3) is 0 Å². The van der Waals surface area contributed by atoms with Crippen molar-refractivity contribution in [1.29, 1.82) is 0 Å². The van der Waals surface area contributed by atoms with Crippen molar-refractivity contribution < 1.29 is 14.2 Å². The summed E-state index contributed by atoms with van der Waals surface area (Å²) in [6, 6.07) is 10.5. The van der Waals surface area contributed by atoms with Crippen LogP contribution in [-0.2, 0) is 6.42 Å². The van der Waals surface area contributed by atoms with E-state index in [1.807, 2.05) is 12.3 Å². The van der Waals surface area contributed by atoms with Crippen LogP contribution in [0.4, 0.5) is 11.5 Å². The lowest BCUT2D eigenvalue weighted by atomic mass is 10.0. The number of nitrogens with zero attached hydrogens (tertiary/aromatic N) is 1. The molecule has 0 radical (unpaired) electrons. The first kappa shape index (κ1) is 21.8. The third-order valence-electron chi connectivity index (χ3n) is 6.68. The van der Waals surface area contributed by atoms with E-state index in [0.717, 1.165) is 72.1 Å². The third kappa shape index (κ3) is 4.58. The number of piperidine rings is 1. The Balaban J connectivity index is 1.49. The predicted molar refractivity (Wildman–Crippen MR) is 132 cm³/mol. The number of pyridine rings is 1. The fourth-order valence-electron chi connectivity index (χ4n) is 4.80. The lowest BCUT2D eigenvalue weighted by Crippen LogP contribution is -2.34. The summed E-state index contributed by atoms with van der Waals surface area (Å²) in [4.78, 5) is 4.69. The number of ether oxygens (including phenoxy) is 3. The van der Waals surface area contributed by atoms with Crippen LogP contribution in [0.1, 0.15) is 49.7 Å². The molecule has 2 aliphatic rings. The van der Waals surface area contributed by atoms with Crippen LogP contribution in [0.25, 0.3) is 10.8 Å². The molecule has 6 heteroatoms. The minimum absolute atomic E-state index is 0.292. The lowest BCUT2D eigenvalue weighted by Gasteiger charge is -2.25. The Morgan fingerprint density at radius 1 is 1.00 bits per heavy atom. The highest BCUT2D eigenvalue weighted by molar-refractivity contribution is 5.90. The Bertz CT molecular complexity index is 1110. The van der Waals surface area contributed by atoms with Crippen LogP contribution in [0.15, 0.2) is 36.5 Å². The molecule has 6 nitrogen and oxygen atoms in total. The fraction of sp³-hybridized carbons (Fsp3) is 0.444. The van der Waals surface area contributed by atoms with Gasteiger partial charge in [-0.1, -0.05) is 6.92 Å². The number of rotatable bonds is 8. The summed E-state index contributed by atoms with van der Waals surface area (Å²) in [5.74, 6) is 3.95. The molecule has 0 amide bonds. The summed E-state index contributed by atoms with van der Waals surface area (Å²) in [5.41, 5.74) is 3.38. The van der Waals surface area contributed by atoms with Crippen LogP contribution < -0.4 is 24.8 Å². The van der Waals surface area contributed by atoms with Crippen molar-refractivity contribution in [3.63, 3.8) is 0 Å². The molecule has 1 aromatic heterocycles. The molecule has 0 unspecified atom stereocenters. The Labute approximate surface area is 195 Å². The molecule has 174 valence electrons. The zero-order chi connectivity index (χ0) is 22.8. The van der Waals surface area contributed by atoms with Crippen molar-refractivity contribution in [3.05, 3.63) is 47.7 Å². The van der Waals surface area contributed by atoms with E-state index in [2.05, 4.69) is 46.8 Å². The molecule has 0 atom stereocenters. The fourth-order valence-corrected chi connectivity index (χ4v) is 4.80. The highest BCUT2D eigenvalue weighted by Crippen LogP contribution is 2.48. The second-order valence-electron chi connectivity index (χ2n) is 8.96. The molecule has 33 heavy (non-hydrogen) atoms. The molecular formula is C27H33N3O3. The zero-order valence-electron chi connectivity index (χ0n) is 19.7. The second kappa shape index (κ2) is 9.48. The average Bonchev–Trinajstić information content (AvgIpc) is 3.69. The van der Waals surface area contributed by atoms with Crippen molar-refractivity contribution in [3.8, 4) is 17.2 Å². The van der Waals surface area contributed by atoms with Crippen LogP contribution in [0.5, 0.6) is 17.2 Å². The maximum Gasteiger partial charge on any atom is 0.164 e. The minimum atomic E-state index is 0.292. The van der Waals surface area contributed by atoms with Gasteiger partial charge in [-0.15, -0.1) is 0 Å². The van der Waals surface area contributed by atoms with Crippen molar-refractivity contribution >= 4 is 22.3 Å². The number of anilines is 2. The van der Waals surface area contributed by atoms with Crippen LogP contribution in [-0.4, -0.2) is 38.4 Å². The SMILES string of the molecule is CCc1cc(Nc2cc3c(C4CC4)c(OC4CCNCC4)ccc3cn2)cc(OC)c1OC. The van der Waals surface area contributed by atoms with Gasteiger partial charge in [-0.3, -0.25) is 0 Å². The summed E-state index contributed by atoms with van der Waals surface area (Å²) in [7, 11) is 3.35. The highest BCUT2D eigenvalue weighted by atomic mass is 16.5. The number of hydrogen-bond donors (Lipinski definition) is 2. The number of methoxy groups -OCH3 is 2. The first-order valence-corrected chi connectivity index (χ1v) is 12.0. The van der Waals surface area contributed by atoms with E-state index < -0.39 is 0 Å². The molecule has 2 N–H and O–H groups in total. The standard InChI is InChI=1S/C27H33N3O3/c1-4-17-13-20(14-24(31-2)27(17)32-3)30-25-15-22-19(16-29-25)7-8-23(26(22)18-5-6-18)33-21-9-11-28-12-10-21/h7-8,13-16,18,21,28H,4-6,9-12H2,1-3H3,(H,29,30). The number of aryl methyl sites for hydroxylation is 1. The molecular weight excluding hydrogens is 414 g/mol. The molecule has 1 aliphatic heterocycles. The van der Waals surface area contributed by atoms with E-state index in [9.17, 15) is 0 Å². The normalized spacial score (nSPS) is 16.6. The minimum Gasteiger partial charge on any atom is -0.493 e. The van der Waals surface area contributed by atoms with Crippen LogP contribution >= 0.6 is 0 Å². The van der Waals surface area contributed by atoms with Crippen molar-refractivity contribution in [2.24, 2.45) is 0 Å². The summed E-state index contributed by atoms with van der Waals surface area (Å²) in [5, 5.41) is 9.30. The van der Waals surface area contributed by atoms with Crippen LogP contribution in [0.3, 0.4) is 0 Å². The average molecular weight is 448 g/mol. The molecule has 2 fully saturated rings. The Kier molecular flexibility index (Phi) is 6.27. The first-order valence-electron chi connectivity index (χ1n) is 12.0. The number of benzene rings is 2. The Morgan fingerprint density at radius 3 is 2.52 bits per heavy atom. The van der Waals surface area contributed by atoms with Gasteiger partial charge in [0.2, 0.25) is 0 Å². The molecule has 2 heterocycles. The van der Waals surface area contributed by atoms with Crippen molar-refractivity contribution in [1.82, 2.24) is 10.3 Å². The van der Waals surface area contributed by atoms with Crippen molar-refractivity contribution in [2.45, 2.75) is 51.0 Å². The van der Waals surface area contributed by atoms with Gasteiger partial charge in [-0.2, -0.15) is 0 Å². The number of fused-ring (bicyclic) bond motifs is 1. The van der Waals surface area contributed by atoms with Gasteiger partial charge in [-0.05, 0) is 86.3 Å². The van der Waals surface area contributed by atoms with E-state index in [0.29, 0.717) is 12.0 Å². The number of hydrogen-bond acceptors (Lipinski definition) is 6. The Hall–Kier alpha value is -2.99. The summed E-state index contributed by atoms with van der Waals surface area (Å²) < 4.78 is 17.7. The second-order valence-corrected chi connectivity index (χ2v) is 8.96. The van der Waals surface area contributed by atoms with E-state index >= 15 is 0 Å². The summed E-state index contributed by atoms with van der Waals surface area (Å²) >= 11 is 0. The smallest absolute Gasteiger partial charge is 0.164 e. The highest BCUT2D eigenvalue weighted by Gasteiger charge is 2.30. The van der Waals surface area contributed by atoms with Gasteiger partial charge in [0.1, 0.15) is 17.7 Å². The molecule has 1 aliphatic carbocycles. The van der Waals surface area contributed by atoms with Gasteiger partial charge in [0, 0.05) is 28.9 Å². The lowest BCUT2D eigenvalue weighted by molar-refractivity contribution is 0.161. The monoisotopic (exact) mass is 447 g/mol. The van der Waals surface area contributed by atoms with E-state index in [1.165, 1.54) is 23.8 Å². The molecule has 1 saturated carbocycles. The Morgan fingerprint density at radius 2 is 1.82 bits per heavy atom. The molecule has 5 rings (SSSR count). The predicted octanol–water partition coefficient (Wildman–Crippen LogP) is 5.57. The number of nitrogens with one attached hydrogen (secondary N) is 2. The van der Waals surface area contributed by atoms with Gasteiger partial charge in [-0.25, -0.2) is 4.98 Å². The van der Waals surface area contributed by atoms with Crippen molar-refractivity contribution in [2.75, 3.05) is 32.6 Å².